The number of hydrogen-bond acceptors (Lipinski definition) is 4. The molecular formula is C29H50N2O2. The summed E-state index contributed by atoms with van der Waals surface area (Å²) in [5.41, 5.74) is 0.493. The quantitative estimate of drug-likeness (QED) is 0.631. The molecule has 6 fully saturated rings. The van der Waals surface area contributed by atoms with Crippen LogP contribution in [0.3, 0.4) is 0 Å². The Labute approximate surface area is 202 Å². The SMILES string of the molecule is C[C@]12C[C@H](N3CCCCC3)[C@H](O)C[C@H]1CC[C@@H]1[C@@H]2CC[C@]2(C)[C@H](O)[C@H](N3CCCCC3)C[C@@H]12. The molecule has 2 heterocycles. The van der Waals surface area contributed by atoms with E-state index in [-0.39, 0.29) is 17.6 Å². The number of aliphatic hydroxyl groups excluding tert-OH is 2. The molecule has 0 bridgehead atoms. The third-order valence-electron chi connectivity index (χ3n) is 12.4. The lowest BCUT2D eigenvalue weighted by atomic mass is 9.44. The van der Waals surface area contributed by atoms with Gasteiger partial charge in [0.15, 0.2) is 0 Å². The van der Waals surface area contributed by atoms with Crippen LogP contribution in [0.1, 0.15) is 97.3 Å². The zero-order chi connectivity index (χ0) is 22.8. The molecule has 4 saturated carbocycles. The van der Waals surface area contributed by atoms with Crippen molar-refractivity contribution >= 4 is 0 Å². The number of nitrogens with zero attached hydrogens (tertiary/aromatic N) is 2. The first-order valence-corrected chi connectivity index (χ1v) is 14.8. The predicted octanol–water partition coefficient (Wildman–Crippen LogP) is 4.68. The minimum atomic E-state index is -0.138. The zero-order valence-corrected chi connectivity index (χ0v) is 21.4. The van der Waals surface area contributed by atoms with Gasteiger partial charge in [-0.1, -0.05) is 26.7 Å². The summed E-state index contributed by atoms with van der Waals surface area (Å²) in [5.74, 6) is 2.97. The van der Waals surface area contributed by atoms with Gasteiger partial charge in [-0.3, -0.25) is 9.80 Å². The standard InChI is InChI=1S/C29H50N2O2/c1-28-12-11-22-21(23(28)18-24(27(28)33)30-13-5-3-6-14-30)10-9-20-17-26(32)25(19-29(20,22)2)31-15-7-4-8-16-31/h20-27,32-33H,3-19H2,1-2H3/t20-,21-,22+,23+,24-,25+,26-,27-,28+,29+/m1/s1. The number of rotatable bonds is 2. The molecule has 6 rings (SSSR count). The van der Waals surface area contributed by atoms with E-state index >= 15 is 0 Å². The van der Waals surface area contributed by atoms with Gasteiger partial charge >= 0.3 is 0 Å². The van der Waals surface area contributed by atoms with Gasteiger partial charge < -0.3 is 10.2 Å². The van der Waals surface area contributed by atoms with Crippen LogP contribution >= 0.6 is 0 Å². The third kappa shape index (κ3) is 3.67. The van der Waals surface area contributed by atoms with Crippen LogP contribution in [-0.4, -0.2) is 70.5 Å². The molecule has 2 saturated heterocycles. The van der Waals surface area contributed by atoms with Crippen LogP contribution in [0.4, 0.5) is 0 Å². The fourth-order valence-corrected chi connectivity index (χ4v) is 10.5. The summed E-state index contributed by atoms with van der Waals surface area (Å²) >= 11 is 0. The molecule has 0 aromatic carbocycles. The highest BCUT2D eigenvalue weighted by molar-refractivity contribution is 5.14. The molecule has 33 heavy (non-hydrogen) atoms. The van der Waals surface area contributed by atoms with Gasteiger partial charge in [-0.25, -0.2) is 0 Å². The minimum Gasteiger partial charge on any atom is -0.391 e. The second-order valence-corrected chi connectivity index (χ2v) is 13.7. The molecular weight excluding hydrogens is 408 g/mol. The van der Waals surface area contributed by atoms with Crippen LogP contribution in [0.15, 0.2) is 0 Å². The summed E-state index contributed by atoms with van der Waals surface area (Å²) in [6, 6.07) is 0.785. The lowest BCUT2D eigenvalue weighted by molar-refractivity contribution is -0.154. The second-order valence-electron chi connectivity index (χ2n) is 13.7. The Morgan fingerprint density at radius 2 is 1.30 bits per heavy atom. The van der Waals surface area contributed by atoms with Gasteiger partial charge in [0, 0.05) is 12.1 Å². The first kappa shape index (κ1) is 23.3. The molecule has 4 heteroatoms. The molecule has 0 amide bonds. The van der Waals surface area contributed by atoms with Crippen LogP contribution < -0.4 is 0 Å². The summed E-state index contributed by atoms with van der Waals surface area (Å²) in [6.45, 7) is 9.88. The topological polar surface area (TPSA) is 46.9 Å². The van der Waals surface area contributed by atoms with Crippen molar-refractivity contribution < 1.29 is 10.2 Å². The highest BCUT2D eigenvalue weighted by Gasteiger charge is 2.63. The van der Waals surface area contributed by atoms with Gasteiger partial charge in [0.2, 0.25) is 0 Å². The van der Waals surface area contributed by atoms with E-state index in [0.29, 0.717) is 29.3 Å². The van der Waals surface area contributed by atoms with Gasteiger partial charge in [0.25, 0.3) is 0 Å². The van der Waals surface area contributed by atoms with E-state index in [0.717, 1.165) is 18.3 Å². The molecule has 0 aromatic heterocycles. The molecule has 4 nitrogen and oxygen atoms in total. The molecule has 2 N–H and O–H groups in total. The van der Waals surface area contributed by atoms with Gasteiger partial charge in [0.1, 0.15) is 0 Å². The lowest BCUT2D eigenvalue weighted by Crippen LogP contribution is -2.60. The molecule has 0 spiro atoms. The summed E-state index contributed by atoms with van der Waals surface area (Å²) in [5, 5.41) is 22.8. The molecule has 4 aliphatic carbocycles. The Morgan fingerprint density at radius 3 is 1.97 bits per heavy atom. The maximum absolute atomic E-state index is 11.6. The van der Waals surface area contributed by atoms with Crippen molar-refractivity contribution in [2.24, 2.45) is 34.5 Å². The van der Waals surface area contributed by atoms with E-state index in [1.165, 1.54) is 103 Å². The zero-order valence-electron chi connectivity index (χ0n) is 21.4. The number of hydrogen-bond donors (Lipinski definition) is 2. The highest BCUT2D eigenvalue weighted by Crippen LogP contribution is 2.66. The van der Waals surface area contributed by atoms with Gasteiger partial charge in [0.05, 0.1) is 12.2 Å². The monoisotopic (exact) mass is 458 g/mol. The second kappa shape index (κ2) is 8.75. The summed E-state index contributed by atoms with van der Waals surface area (Å²) in [6.07, 6.45) is 16.4. The third-order valence-corrected chi connectivity index (χ3v) is 12.4. The summed E-state index contributed by atoms with van der Waals surface area (Å²) in [7, 11) is 0. The molecule has 6 aliphatic rings. The molecule has 0 aromatic rings. The van der Waals surface area contributed by atoms with E-state index in [9.17, 15) is 10.2 Å². The van der Waals surface area contributed by atoms with Gasteiger partial charge in [-0.15, -0.1) is 0 Å². The van der Waals surface area contributed by atoms with Crippen molar-refractivity contribution in [3.8, 4) is 0 Å². The Balaban J connectivity index is 1.24. The number of aliphatic hydroxyl groups is 2. The van der Waals surface area contributed by atoms with Gasteiger partial charge in [-0.05, 0) is 131 Å². The van der Waals surface area contributed by atoms with Crippen LogP contribution in [0.2, 0.25) is 0 Å². The number of piperidine rings is 2. The smallest absolute Gasteiger partial charge is 0.0751 e. The normalized spacial score (nSPS) is 53.8. The van der Waals surface area contributed by atoms with E-state index in [1.54, 1.807) is 0 Å². The first-order valence-electron chi connectivity index (χ1n) is 14.8. The van der Waals surface area contributed by atoms with Crippen LogP contribution in [0.25, 0.3) is 0 Å². The van der Waals surface area contributed by atoms with Crippen molar-refractivity contribution in [1.82, 2.24) is 9.80 Å². The van der Waals surface area contributed by atoms with Crippen molar-refractivity contribution in [2.45, 2.75) is 122 Å². The van der Waals surface area contributed by atoms with E-state index in [2.05, 4.69) is 23.6 Å². The van der Waals surface area contributed by atoms with E-state index in [1.807, 2.05) is 0 Å². The fraction of sp³-hybridized carbons (Fsp3) is 1.00. The lowest BCUT2D eigenvalue weighted by Gasteiger charge is -2.62. The molecule has 0 unspecified atom stereocenters. The largest absolute Gasteiger partial charge is 0.391 e. The number of fused-ring (bicyclic) bond motifs is 5. The Bertz CT molecular complexity index is 704. The Kier molecular flexibility index (Phi) is 6.16. The molecule has 2 aliphatic heterocycles. The highest BCUT2D eigenvalue weighted by atomic mass is 16.3. The minimum absolute atomic E-state index is 0.118. The van der Waals surface area contributed by atoms with Gasteiger partial charge in [-0.2, -0.15) is 0 Å². The maximum Gasteiger partial charge on any atom is 0.0751 e. The maximum atomic E-state index is 11.6. The Hall–Kier alpha value is -0.160. The molecule has 188 valence electrons. The number of likely N-dealkylation sites (tertiary alicyclic amines) is 2. The summed E-state index contributed by atoms with van der Waals surface area (Å²) < 4.78 is 0. The van der Waals surface area contributed by atoms with Crippen LogP contribution in [-0.2, 0) is 0 Å². The molecule has 10 atom stereocenters. The van der Waals surface area contributed by atoms with Crippen LogP contribution in [0, 0.1) is 34.5 Å². The van der Waals surface area contributed by atoms with E-state index in [4.69, 9.17) is 0 Å². The fourth-order valence-electron chi connectivity index (χ4n) is 10.5. The average molecular weight is 459 g/mol. The Morgan fingerprint density at radius 1 is 0.667 bits per heavy atom. The van der Waals surface area contributed by atoms with E-state index < -0.39 is 0 Å². The van der Waals surface area contributed by atoms with Crippen molar-refractivity contribution in [3.63, 3.8) is 0 Å². The molecule has 0 radical (unpaired) electrons. The first-order chi connectivity index (χ1) is 15.9. The van der Waals surface area contributed by atoms with Crippen molar-refractivity contribution in [3.05, 3.63) is 0 Å². The van der Waals surface area contributed by atoms with Crippen LogP contribution in [0.5, 0.6) is 0 Å². The summed E-state index contributed by atoms with van der Waals surface area (Å²) in [4.78, 5) is 5.33. The average Bonchev–Trinajstić information content (AvgIpc) is 3.11. The predicted molar refractivity (Wildman–Crippen MR) is 133 cm³/mol. The van der Waals surface area contributed by atoms with Crippen molar-refractivity contribution in [2.75, 3.05) is 26.2 Å². The van der Waals surface area contributed by atoms with Crippen molar-refractivity contribution in [1.29, 1.82) is 0 Å².